The van der Waals surface area contributed by atoms with Gasteiger partial charge in [-0.15, -0.1) is 0 Å². The number of nitrogens with one attached hydrogen (secondary N) is 1. The summed E-state index contributed by atoms with van der Waals surface area (Å²) in [5.41, 5.74) is 0.690. The summed E-state index contributed by atoms with van der Waals surface area (Å²) in [6, 6.07) is 4.40. The molecule has 0 radical (unpaired) electrons. The maximum Gasteiger partial charge on any atom is 0.258 e. The highest BCUT2D eigenvalue weighted by atomic mass is 79.9. The van der Waals surface area contributed by atoms with Gasteiger partial charge in [0.25, 0.3) is 5.91 Å². The van der Waals surface area contributed by atoms with Crippen molar-refractivity contribution in [3.63, 3.8) is 0 Å². The van der Waals surface area contributed by atoms with Gasteiger partial charge in [0.2, 0.25) is 0 Å². The number of hydrogen-bond donors (Lipinski definition) is 1. The van der Waals surface area contributed by atoms with Gasteiger partial charge in [-0.25, -0.2) is 13.2 Å². The van der Waals surface area contributed by atoms with Crippen LogP contribution in [-0.2, 0) is 0 Å². The number of anilines is 1. The Morgan fingerprint density at radius 2 is 1.62 bits per heavy atom. The molecule has 0 saturated carbocycles. The van der Waals surface area contributed by atoms with E-state index in [9.17, 15) is 18.0 Å². The second kappa shape index (κ2) is 5.89. The lowest BCUT2D eigenvalue weighted by molar-refractivity contribution is 0.102. The number of carbonyl (C=O) groups excluding carboxylic acids is 1. The number of amides is 1. The fraction of sp³-hybridized carbons (Fsp3) is 0.133. The van der Waals surface area contributed by atoms with Crippen molar-refractivity contribution in [1.82, 2.24) is 0 Å². The van der Waals surface area contributed by atoms with Crippen LogP contribution in [0, 0.1) is 31.3 Å². The average Bonchev–Trinajstić information content (AvgIpc) is 2.40. The van der Waals surface area contributed by atoms with Crippen molar-refractivity contribution in [1.29, 1.82) is 0 Å². The van der Waals surface area contributed by atoms with E-state index in [1.165, 1.54) is 13.0 Å². The maximum atomic E-state index is 13.6. The zero-order chi connectivity index (χ0) is 15.7. The summed E-state index contributed by atoms with van der Waals surface area (Å²) >= 11 is 3.03. The third-order valence-corrected chi connectivity index (χ3v) is 3.62. The van der Waals surface area contributed by atoms with E-state index in [0.717, 1.165) is 12.1 Å². The lowest BCUT2D eigenvalue weighted by Gasteiger charge is -2.11. The number of halogens is 4. The van der Waals surface area contributed by atoms with Crippen molar-refractivity contribution in [3.05, 3.63) is 62.9 Å². The molecule has 2 nitrogen and oxygen atoms in total. The Bertz CT molecular complexity index is 731. The molecule has 2 aromatic carbocycles. The quantitative estimate of drug-likeness (QED) is 0.826. The molecule has 2 rings (SSSR count). The van der Waals surface area contributed by atoms with Gasteiger partial charge in [0.1, 0.15) is 17.5 Å². The summed E-state index contributed by atoms with van der Waals surface area (Å²) in [6.45, 7) is 3.10. The van der Waals surface area contributed by atoms with Gasteiger partial charge >= 0.3 is 0 Å². The van der Waals surface area contributed by atoms with Crippen molar-refractivity contribution in [3.8, 4) is 0 Å². The van der Waals surface area contributed by atoms with E-state index >= 15 is 0 Å². The molecule has 0 aliphatic heterocycles. The zero-order valence-electron chi connectivity index (χ0n) is 11.2. The summed E-state index contributed by atoms with van der Waals surface area (Å²) in [6.07, 6.45) is 0. The number of carbonyl (C=O) groups is 1. The molecule has 21 heavy (non-hydrogen) atoms. The molecular weight excluding hydrogens is 347 g/mol. The van der Waals surface area contributed by atoms with Crippen LogP contribution in [0.25, 0.3) is 0 Å². The van der Waals surface area contributed by atoms with Crippen LogP contribution in [0.5, 0.6) is 0 Å². The van der Waals surface area contributed by atoms with Gasteiger partial charge in [-0.1, -0.05) is 0 Å². The summed E-state index contributed by atoms with van der Waals surface area (Å²) < 4.78 is 40.6. The van der Waals surface area contributed by atoms with Crippen LogP contribution >= 0.6 is 15.9 Å². The zero-order valence-corrected chi connectivity index (χ0v) is 12.8. The molecule has 1 amide bonds. The highest BCUT2D eigenvalue weighted by molar-refractivity contribution is 9.10. The predicted molar refractivity (Wildman–Crippen MR) is 77.9 cm³/mol. The highest BCUT2D eigenvalue weighted by Gasteiger charge is 2.16. The largest absolute Gasteiger partial charge is 0.322 e. The molecule has 0 unspecified atom stereocenters. The molecule has 0 heterocycles. The van der Waals surface area contributed by atoms with E-state index in [1.54, 1.807) is 6.92 Å². The van der Waals surface area contributed by atoms with Crippen molar-refractivity contribution >= 4 is 27.5 Å². The van der Waals surface area contributed by atoms with Crippen LogP contribution < -0.4 is 5.32 Å². The average molecular weight is 358 g/mol. The van der Waals surface area contributed by atoms with Gasteiger partial charge in [0.15, 0.2) is 0 Å². The van der Waals surface area contributed by atoms with Crippen LogP contribution in [-0.4, -0.2) is 5.91 Å². The predicted octanol–water partition coefficient (Wildman–Crippen LogP) is 4.74. The minimum atomic E-state index is -0.967. The molecule has 0 aliphatic rings. The van der Waals surface area contributed by atoms with E-state index in [0.29, 0.717) is 11.6 Å². The second-order valence-corrected chi connectivity index (χ2v) is 5.47. The first-order valence-electron chi connectivity index (χ1n) is 6.02. The fourth-order valence-corrected chi connectivity index (χ4v) is 2.26. The Morgan fingerprint density at radius 1 is 0.952 bits per heavy atom. The highest BCUT2D eigenvalue weighted by Crippen LogP contribution is 2.25. The lowest BCUT2D eigenvalue weighted by atomic mass is 10.1. The summed E-state index contributed by atoms with van der Waals surface area (Å²) in [5.74, 6) is -3.01. The van der Waals surface area contributed by atoms with Crippen LogP contribution in [0.3, 0.4) is 0 Å². The van der Waals surface area contributed by atoms with Gasteiger partial charge in [-0.05, 0) is 59.1 Å². The molecule has 0 bridgehead atoms. The van der Waals surface area contributed by atoms with Gasteiger partial charge in [0, 0.05) is 11.8 Å². The van der Waals surface area contributed by atoms with E-state index in [1.807, 2.05) is 0 Å². The number of benzene rings is 2. The van der Waals surface area contributed by atoms with Crippen LogP contribution in [0.15, 0.2) is 28.7 Å². The first-order valence-corrected chi connectivity index (χ1v) is 6.81. The smallest absolute Gasteiger partial charge is 0.258 e. The summed E-state index contributed by atoms with van der Waals surface area (Å²) in [4.78, 5) is 12.0. The molecular formula is C15H11BrF3NO. The topological polar surface area (TPSA) is 29.1 Å². The van der Waals surface area contributed by atoms with Crippen molar-refractivity contribution in [2.45, 2.75) is 13.8 Å². The van der Waals surface area contributed by atoms with Crippen molar-refractivity contribution in [2.75, 3.05) is 5.32 Å². The molecule has 0 atom stereocenters. The van der Waals surface area contributed by atoms with E-state index in [2.05, 4.69) is 21.2 Å². The normalized spacial score (nSPS) is 10.6. The molecule has 0 aliphatic carbocycles. The summed E-state index contributed by atoms with van der Waals surface area (Å²) in [5, 5.41) is 2.42. The Hall–Kier alpha value is -1.82. The first kappa shape index (κ1) is 15.6. The molecule has 0 spiro atoms. The second-order valence-electron chi connectivity index (χ2n) is 4.62. The monoisotopic (exact) mass is 357 g/mol. The van der Waals surface area contributed by atoms with Gasteiger partial charge in [0.05, 0.1) is 10.0 Å². The Labute approximate surface area is 128 Å². The Morgan fingerprint density at radius 3 is 2.29 bits per heavy atom. The molecule has 0 aromatic heterocycles. The van der Waals surface area contributed by atoms with Gasteiger partial charge in [-0.3, -0.25) is 4.79 Å². The van der Waals surface area contributed by atoms with Crippen molar-refractivity contribution < 1.29 is 18.0 Å². The molecule has 110 valence electrons. The minimum absolute atomic E-state index is 0.153. The lowest BCUT2D eigenvalue weighted by Crippen LogP contribution is -2.15. The molecule has 0 fully saturated rings. The number of aryl methyl sites for hydroxylation is 2. The van der Waals surface area contributed by atoms with Gasteiger partial charge in [-0.2, -0.15) is 0 Å². The summed E-state index contributed by atoms with van der Waals surface area (Å²) in [7, 11) is 0. The maximum absolute atomic E-state index is 13.6. The SMILES string of the molecule is Cc1cc(C(=O)Nc2cc(F)c(Br)cc2C)c(F)cc1F. The van der Waals surface area contributed by atoms with Crippen LogP contribution in [0.2, 0.25) is 0 Å². The number of hydrogen-bond acceptors (Lipinski definition) is 1. The third kappa shape index (κ3) is 3.26. The molecule has 6 heteroatoms. The van der Waals surface area contributed by atoms with E-state index in [4.69, 9.17) is 0 Å². The van der Waals surface area contributed by atoms with E-state index in [-0.39, 0.29) is 21.3 Å². The van der Waals surface area contributed by atoms with Crippen LogP contribution in [0.4, 0.5) is 18.9 Å². The molecule has 1 N–H and O–H groups in total. The molecule has 0 saturated heterocycles. The third-order valence-electron chi connectivity index (χ3n) is 3.01. The van der Waals surface area contributed by atoms with Crippen molar-refractivity contribution in [2.24, 2.45) is 0 Å². The Kier molecular flexibility index (Phi) is 4.37. The first-order chi connectivity index (χ1) is 9.79. The number of rotatable bonds is 2. The van der Waals surface area contributed by atoms with E-state index < -0.39 is 23.4 Å². The van der Waals surface area contributed by atoms with Gasteiger partial charge < -0.3 is 5.32 Å². The fourth-order valence-electron chi connectivity index (χ4n) is 1.80. The molecule has 2 aromatic rings. The minimum Gasteiger partial charge on any atom is -0.322 e. The standard InChI is InChI=1S/C15H11BrF3NO/c1-7-3-9(12(18)5-11(7)17)15(21)20-14-6-13(19)10(16)4-8(14)2/h3-6H,1-2H3,(H,20,21). The Balaban J connectivity index is 2.35. The van der Waals surface area contributed by atoms with Crippen LogP contribution in [0.1, 0.15) is 21.5 Å².